The molecule has 0 bridgehead atoms. The summed E-state index contributed by atoms with van der Waals surface area (Å²) in [4.78, 5) is 27.4. The van der Waals surface area contributed by atoms with E-state index in [1.165, 1.54) is 13.0 Å². The van der Waals surface area contributed by atoms with E-state index in [-0.39, 0.29) is 17.2 Å². The molecule has 28 heavy (non-hydrogen) atoms. The van der Waals surface area contributed by atoms with Crippen LogP contribution in [0.2, 0.25) is 0 Å². The van der Waals surface area contributed by atoms with Gasteiger partial charge in [-0.2, -0.15) is 13.2 Å². The first-order valence-electron chi connectivity index (χ1n) is 8.74. The van der Waals surface area contributed by atoms with Crippen LogP contribution >= 0.6 is 0 Å². The van der Waals surface area contributed by atoms with E-state index >= 15 is 0 Å². The normalized spacial score (nSPS) is 14.7. The van der Waals surface area contributed by atoms with Gasteiger partial charge in [0.2, 0.25) is 0 Å². The lowest BCUT2D eigenvalue weighted by atomic mass is 10.1. The van der Waals surface area contributed by atoms with Crippen LogP contribution in [0.15, 0.2) is 48.5 Å². The van der Waals surface area contributed by atoms with Gasteiger partial charge in [0.15, 0.2) is 0 Å². The lowest BCUT2D eigenvalue weighted by Crippen LogP contribution is -2.48. The summed E-state index contributed by atoms with van der Waals surface area (Å²) in [5.74, 6) is -0.601. The number of anilines is 1. The van der Waals surface area contributed by atoms with Crippen LogP contribution in [0.4, 0.5) is 18.9 Å². The van der Waals surface area contributed by atoms with E-state index in [4.69, 9.17) is 4.74 Å². The summed E-state index contributed by atoms with van der Waals surface area (Å²) in [6.07, 6.45) is -4.39. The Hall–Kier alpha value is -3.03. The van der Waals surface area contributed by atoms with Gasteiger partial charge in [0.05, 0.1) is 11.1 Å². The third kappa shape index (κ3) is 4.44. The van der Waals surface area contributed by atoms with Gasteiger partial charge in [-0.15, -0.1) is 0 Å². The van der Waals surface area contributed by atoms with E-state index < -0.39 is 17.7 Å². The monoisotopic (exact) mass is 392 g/mol. The Bertz CT molecular complexity index is 875. The molecule has 5 nitrogen and oxygen atoms in total. The lowest BCUT2D eigenvalue weighted by molar-refractivity contribution is -0.137. The van der Waals surface area contributed by atoms with Crippen LogP contribution in [0.25, 0.3) is 0 Å². The molecule has 0 saturated carbocycles. The minimum atomic E-state index is -4.39. The Kier molecular flexibility index (Phi) is 5.58. The molecule has 1 fully saturated rings. The van der Waals surface area contributed by atoms with Crippen molar-refractivity contribution in [1.82, 2.24) is 4.90 Å². The minimum Gasteiger partial charge on any atom is -0.426 e. The van der Waals surface area contributed by atoms with Crippen molar-refractivity contribution in [2.75, 3.05) is 31.1 Å². The molecule has 0 aromatic heterocycles. The predicted octanol–water partition coefficient (Wildman–Crippen LogP) is 3.59. The van der Waals surface area contributed by atoms with E-state index in [1.54, 1.807) is 35.2 Å². The summed E-state index contributed by atoms with van der Waals surface area (Å²) >= 11 is 0. The van der Waals surface area contributed by atoms with Gasteiger partial charge in [0, 0.05) is 38.8 Å². The van der Waals surface area contributed by atoms with Crippen LogP contribution < -0.4 is 9.64 Å². The molecule has 0 N–H and O–H groups in total. The van der Waals surface area contributed by atoms with Crippen molar-refractivity contribution in [3.05, 3.63) is 59.7 Å². The largest absolute Gasteiger partial charge is 0.426 e. The topological polar surface area (TPSA) is 49.9 Å². The van der Waals surface area contributed by atoms with Gasteiger partial charge in [0.25, 0.3) is 5.91 Å². The quantitative estimate of drug-likeness (QED) is 0.592. The zero-order chi connectivity index (χ0) is 20.3. The van der Waals surface area contributed by atoms with Crippen molar-refractivity contribution in [2.24, 2.45) is 0 Å². The van der Waals surface area contributed by atoms with Crippen LogP contribution in [0.1, 0.15) is 22.8 Å². The summed E-state index contributed by atoms with van der Waals surface area (Å²) in [5, 5.41) is 0. The highest BCUT2D eigenvalue weighted by Crippen LogP contribution is 2.32. The summed E-state index contributed by atoms with van der Waals surface area (Å²) in [5.41, 5.74) is 0.0614. The van der Waals surface area contributed by atoms with Gasteiger partial charge in [-0.25, -0.2) is 0 Å². The maximum Gasteiger partial charge on any atom is 0.416 e. The van der Waals surface area contributed by atoms with E-state index in [2.05, 4.69) is 0 Å². The molecule has 1 saturated heterocycles. The molecule has 1 amide bonds. The van der Waals surface area contributed by atoms with Crippen molar-refractivity contribution in [2.45, 2.75) is 13.1 Å². The van der Waals surface area contributed by atoms with Gasteiger partial charge in [0.1, 0.15) is 5.75 Å². The average molecular weight is 392 g/mol. The van der Waals surface area contributed by atoms with Gasteiger partial charge in [-0.1, -0.05) is 18.2 Å². The van der Waals surface area contributed by atoms with Crippen LogP contribution in [0.3, 0.4) is 0 Å². The molecular weight excluding hydrogens is 373 g/mol. The third-order valence-corrected chi connectivity index (χ3v) is 4.48. The Balaban J connectivity index is 1.69. The van der Waals surface area contributed by atoms with Crippen molar-refractivity contribution in [3.63, 3.8) is 0 Å². The van der Waals surface area contributed by atoms with Gasteiger partial charge < -0.3 is 14.5 Å². The lowest BCUT2D eigenvalue weighted by Gasteiger charge is -2.36. The van der Waals surface area contributed by atoms with Crippen molar-refractivity contribution >= 4 is 17.6 Å². The predicted molar refractivity (Wildman–Crippen MR) is 97.3 cm³/mol. The Labute approximate surface area is 160 Å². The summed E-state index contributed by atoms with van der Waals surface area (Å²) in [6.45, 7) is 2.77. The Morgan fingerprint density at radius 3 is 2.29 bits per heavy atom. The molecule has 0 unspecified atom stereocenters. The maximum atomic E-state index is 12.9. The second kappa shape index (κ2) is 7.92. The third-order valence-electron chi connectivity index (χ3n) is 4.48. The number of rotatable bonds is 3. The summed E-state index contributed by atoms with van der Waals surface area (Å²) in [6, 6.07) is 11.6. The van der Waals surface area contributed by atoms with Gasteiger partial charge in [-0.3, -0.25) is 9.59 Å². The number of hydrogen-bond donors (Lipinski definition) is 0. The van der Waals surface area contributed by atoms with Crippen LogP contribution in [-0.4, -0.2) is 43.0 Å². The maximum absolute atomic E-state index is 12.9. The fourth-order valence-electron chi connectivity index (χ4n) is 3.10. The highest BCUT2D eigenvalue weighted by atomic mass is 19.4. The number of carbonyl (C=O) groups excluding carboxylic acids is 2. The zero-order valence-corrected chi connectivity index (χ0v) is 15.2. The highest BCUT2D eigenvalue weighted by Gasteiger charge is 2.31. The number of benzene rings is 2. The molecule has 2 aromatic carbocycles. The SMILES string of the molecule is CC(=O)Oc1ccccc1C(=O)N1CCN(c2cccc(C(F)(F)F)c2)CC1. The first kappa shape index (κ1) is 19.7. The van der Waals surface area contributed by atoms with Crippen molar-refractivity contribution in [3.8, 4) is 5.75 Å². The van der Waals surface area contributed by atoms with E-state index in [0.29, 0.717) is 31.9 Å². The first-order chi connectivity index (χ1) is 13.3. The van der Waals surface area contributed by atoms with Gasteiger partial charge >= 0.3 is 12.1 Å². The fraction of sp³-hybridized carbons (Fsp3) is 0.300. The van der Waals surface area contributed by atoms with E-state index in [1.807, 2.05) is 4.90 Å². The Morgan fingerprint density at radius 2 is 1.64 bits per heavy atom. The van der Waals surface area contributed by atoms with Crippen LogP contribution in [-0.2, 0) is 11.0 Å². The smallest absolute Gasteiger partial charge is 0.416 e. The second-order valence-electron chi connectivity index (χ2n) is 6.42. The molecule has 0 atom stereocenters. The molecule has 148 valence electrons. The number of halogens is 3. The van der Waals surface area contributed by atoms with Crippen LogP contribution in [0.5, 0.6) is 5.75 Å². The molecule has 3 rings (SSSR count). The molecule has 0 spiro atoms. The van der Waals surface area contributed by atoms with Crippen molar-refractivity contribution < 1.29 is 27.5 Å². The number of hydrogen-bond acceptors (Lipinski definition) is 4. The van der Waals surface area contributed by atoms with E-state index in [9.17, 15) is 22.8 Å². The minimum absolute atomic E-state index is 0.195. The average Bonchev–Trinajstić information content (AvgIpc) is 2.67. The number of nitrogens with zero attached hydrogens (tertiary/aromatic N) is 2. The number of amides is 1. The second-order valence-corrected chi connectivity index (χ2v) is 6.42. The number of piperazine rings is 1. The number of para-hydroxylation sites is 1. The first-order valence-corrected chi connectivity index (χ1v) is 8.74. The number of esters is 1. The highest BCUT2D eigenvalue weighted by molar-refractivity contribution is 5.97. The molecular formula is C20H19F3N2O3. The van der Waals surface area contributed by atoms with Gasteiger partial charge in [-0.05, 0) is 30.3 Å². The summed E-state index contributed by atoms with van der Waals surface area (Å²) < 4.78 is 43.8. The standard InChI is InChI=1S/C20H19F3N2O3/c1-14(26)28-18-8-3-2-7-17(18)19(27)25-11-9-24(10-12-25)16-6-4-5-15(13-16)20(21,22)23/h2-8,13H,9-12H2,1H3. The molecule has 2 aromatic rings. The number of carbonyl (C=O) groups is 2. The molecule has 1 heterocycles. The summed E-state index contributed by atoms with van der Waals surface area (Å²) in [7, 11) is 0. The number of alkyl halides is 3. The molecule has 1 aliphatic heterocycles. The molecule has 0 radical (unpaired) electrons. The Morgan fingerprint density at radius 1 is 0.964 bits per heavy atom. The molecule has 1 aliphatic rings. The fourth-order valence-corrected chi connectivity index (χ4v) is 3.10. The number of ether oxygens (including phenoxy) is 1. The molecule has 8 heteroatoms. The van der Waals surface area contributed by atoms with Crippen LogP contribution in [0, 0.1) is 0 Å². The zero-order valence-electron chi connectivity index (χ0n) is 15.2. The molecule has 0 aliphatic carbocycles. The van der Waals surface area contributed by atoms with E-state index in [0.717, 1.165) is 12.1 Å². The van der Waals surface area contributed by atoms with Crippen molar-refractivity contribution in [1.29, 1.82) is 0 Å².